The van der Waals surface area contributed by atoms with Gasteiger partial charge in [-0.15, -0.1) is 0 Å². The number of nitrogens with one attached hydrogen (secondary N) is 2. The van der Waals surface area contributed by atoms with Crippen LogP contribution in [0, 0.1) is 44.8 Å². The van der Waals surface area contributed by atoms with E-state index in [9.17, 15) is 106 Å². The summed E-state index contributed by atoms with van der Waals surface area (Å²) in [7, 11) is 0. The summed E-state index contributed by atoms with van der Waals surface area (Å²) >= 11 is 0. The molecule has 0 aromatic carbocycles. The van der Waals surface area contributed by atoms with Crippen molar-refractivity contribution in [3.63, 3.8) is 0 Å². The highest BCUT2D eigenvalue weighted by molar-refractivity contribution is 5.76. The standard InChI is InChI=1S/C76H122N2O35/c1-33-58(108-64-53(94)47(88)36(82)30-102-64)52(93)56(97)66(104-33)111-61-50(91)46(77-44(85)16-14-12-10-8-9-11-13-15-17-45(86)87)38(28-79)105-68(61)113-70(101)78-76-25-24-71(2,3)26-35(76)34-18-19-41-72(4)22-21-43(73(5,32-81)40(72)20-23-74(41,6)75(34,7)27-42(76)84)107-69-62(112-67-55(96)51(92)49(90)39(29-80)106-67)59(57(98)60(110-69)63(99)100)109-65-54(95)48(89)37(83)31-103-65/h18,32-33,35-43,46-62,64-69,79-80,82-84,88-98H,8-17,19-31H2,1-7H3,(H,77,85)(H,78,101)(H,86,87)(H,99,100)/t33?,35?,36-,37-,38?,39?,40-,41?,42?,43+,46+,47?,48+,49+,50?,51+,52?,53?,54?,55?,56?,57+,58+,59+,60?,61?,62?,64+,65+,66+,67+,68+,69-,72?,73-,74?,75-,76-/m1/s1. The van der Waals surface area contributed by atoms with Crippen LogP contribution in [0.5, 0.6) is 0 Å². The number of hydrogen-bond donors (Lipinski definition) is 20. The molecule has 0 spiro atoms. The van der Waals surface area contributed by atoms with Gasteiger partial charge in [-0.2, -0.15) is 0 Å². The van der Waals surface area contributed by atoms with Crippen LogP contribution < -0.4 is 10.6 Å². The van der Waals surface area contributed by atoms with E-state index in [1.54, 1.807) is 6.92 Å². The lowest BCUT2D eigenvalue weighted by atomic mass is 9.34. The fourth-order valence-electron chi connectivity index (χ4n) is 20.9. The Hall–Kier alpha value is -3.99. The molecule has 6 aliphatic heterocycles. The Labute approximate surface area is 654 Å². The van der Waals surface area contributed by atoms with Crippen LogP contribution in [0.1, 0.15) is 170 Å². The van der Waals surface area contributed by atoms with Crippen molar-refractivity contribution in [3.8, 4) is 0 Å². The minimum absolute atomic E-state index is 0.0118. The molecule has 37 heteroatoms. The third-order valence-electron chi connectivity index (χ3n) is 27.6. The number of aliphatic carboxylic acids is 2. The highest BCUT2D eigenvalue weighted by Crippen LogP contribution is 2.75. The summed E-state index contributed by atoms with van der Waals surface area (Å²) in [6.45, 7) is 10.9. The first-order chi connectivity index (χ1) is 53.2. The Morgan fingerprint density at radius 1 is 0.531 bits per heavy atom. The van der Waals surface area contributed by atoms with E-state index in [1.807, 2.05) is 0 Å². The molecule has 0 aromatic heterocycles. The van der Waals surface area contributed by atoms with E-state index in [2.05, 4.69) is 51.3 Å². The number of rotatable bonds is 28. The van der Waals surface area contributed by atoms with Crippen molar-refractivity contribution in [2.75, 3.05) is 26.4 Å². The van der Waals surface area contributed by atoms with Crippen molar-refractivity contribution in [3.05, 3.63) is 11.6 Å². The van der Waals surface area contributed by atoms with Crippen molar-refractivity contribution in [2.24, 2.45) is 44.8 Å². The van der Waals surface area contributed by atoms with Gasteiger partial charge in [0.2, 0.25) is 12.2 Å². The lowest BCUT2D eigenvalue weighted by molar-refractivity contribution is -0.391. The number of alkyl carbamates (subject to hydrolysis) is 1. The van der Waals surface area contributed by atoms with Gasteiger partial charge in [-0.3, -0.25) is 9.59 Å². The minimum atomic E-state index is -2.23. The third kappa shape index (κ3) is 17.7. The van der Waals surface area contributed by atoms with Gasteiger partial charge < -0.3 is 164 Å². The van der Waals surface area contributed by atoms with Crippen LogP contribution in [0.15, 0.2) is 11.6 Å². The molecule has 37 nitrogen and oxygen atoms in total. The van der Waals surface area contributed by atoms with Crippen LogP contribution >= 0.6 is 0 Å². The van der Waals surface area contributed by atoms with Crippen LogP contribution in [0.25, 0.3) is 0 Å². The first kappa shape index (κ1) is 89.8. The van der Waals surface area contributed by atoms with Crippen LogP contribution in [-0.4, -0.2) is 338 Å². The van der Waals surface area contributed by atoms with Gasteiger partial charge in [0.15, 0.2) is 43.7 Å². The molecule has 4 saturated carbocycles. The second-order valence-electron chi connectivity index (χ2n) is 35.2. The zero-order valence-corrected chi connectivity index (χ0v) is 65.0. The maximum absolute atomic E-state index is 15.2. The normalized spacial score (nSPS) is 48.4. The molecule has 0 bridgehead atoms. The number of carbonyl (C=O) groups excluding carboxylic acids is 3. The molecule has 2 amide bonds. The van der Waals surface area contributed by atoms with E-state index in [4.69, 9.17) is 61.9 Å². The first-order valence-corrected chi connectivity index (χ1v) is 40.0. The Morgan fingerprint density at radius 2 is 1.09 bits per heavy atom. The van der Waals surface area contributed by atoms with E-state index in [0.29, 0.717) is 57.8 Å². The second kappa shape index (κ2) is 36.1. The first-order valence-electron chi connectivity index (χ1n) is 40.0. The molecule has 0 radical (unpaired) electrons. The lowest BCUT2D eigenvalue weighted by Crippen LogP contribution is -2.73. The molecular formula is C76H122N2O35. The van der Waals surface area contributed by atoms with Crippen molar-refractivity contribution in [2.45, 2.75) is 360 Å². The third-order valence-corrected chi connectivity index (χ3v) is 27.6. The number of carboxylic acids is 2. The minimum Gasteiger partial charge on any atom is -0.481 e. The number of ether oxygens (including phenoxy) is 12. The van der Waals surface area contributed by atoms with Gasteiger partial charge in [0, 0.05) is 18.8 Å². The second-order valence-corrected chi connectivity index (χ2v) is 35.2. The number of aliphatic hydroxyl groups excluding tert-OH is 16. The van der Waals surface area contributed by atoms with Crippen molar-refractivity contribution >= 4 is 30.2 Å². The number of aldehydes is 1. The van der Waals surface area contributed by atoms with E-state index in [1.165, 1.54) is 6.92 Å². The molecule has 6 heterocycles. The summed E-state index contributed by atoms with van der Waals surface area (Å²) in [5.74, 6) is -4.40. The van der Waals surface area contributed by atoms with Gasteiger partial charge in [-0.05, 0) is 111 Å². The molecule has 18 unspecified atom stereocenters. The summed E-state index contributed by atoms with van der Waals surface area (Å²) in [6.07, 6.45) is -41.1. The number of unbranched alkanes of at least 4 members (excludes halogenated alkanes) is 7. The van der Waals surface area contributed by atoms with Gasteiger partial charge in [0.1, 0.15) is 116 Å². The average molecular weight is 1620 g/mol. The summed E-state index contributed by atoms with van der Waals surface area (Å²) in [6, 6.07) is -1.46. The molecule has 11 rings (SSSR count). The van der Waals surface area contributed by atoms with E-state index < -0.39 is 274 Å². The number of carboxylic acid groups (broad SMARTS) is 2. The Morgan fingerprint density at radius 3 is 1.69 bits per heavy atom. The molecular weight excluding hydrogens is 1500 g/mol. The predicted molar refractivity (Wildman–Crippen MR) is 381 cm³/mol. The Balaban J connectivity index is 0.834. The quantitative estimate of drug-likeness (QED) is 0.0163. The molecule has 646 valence electrons. The highest BCUT2D eigenvalue weighted by Gasteiger charge is 2.72. The van der Waals surface area contributed by atoms with Crippen molar-refractivity contribution in [1.82, 2.24) is 10.6 Å². The molecule has 20 N–H and O–H groups in total. The van der Waals surface area contributed by atoms with Gasteiger partial charge in [0.05, 0.1) is 61.7 Å². The molecule has 6 saturated heterocycles. The number of amides is 2. The monoisotopic (exact) mass is 1620 g/mol. The van der Waals surface area contributed by atoms with E-state index in [0.717, 1.165) is 44.0 Å². The molecule has 38 atom stereocenters. The summed E-state index contributed by atoms with van der Waals surface area (Å²) < 4.78 is 72.4. The molecule has 5 aliphatic carbocycles. The Bertz CT molecular complexity index is 3270. The zero-order valence-electron chi connectivity index (χ0n) is 65.0. The van der Waals surface area contributed by atoms with E-state index in [-0.39, 0.29) is 43.4 Å². The van der Waals surface area contributed by atoms with Gasteiger partial charge in [-0.25, -0.2) is 9.59 Å². The molecule has 0 aromatic rings. The zero-order chi connectivity index (χ0) is 82.5. The SMILES string of the molecule is CC1O[C@@H](OC2C(O)[C@@H](NC(=O)CCCCCCCCCCC(=O)O)C(CO)O[C@H]2OC(=O)N[C@]23CCC(C)(C)CC2C2=CCC4C5(C)CC[C@H](O[C@@H]6OC(C(=O)O)[C@@H](O)[C@H](O[C@@H]7OC[C@@H](O)[C@H](O)C7O)C6O[C@@H]6OC(CO)[C@H](O)[C@H](O)C6O)[C@](C)(C=O)[C@@H]5CCC4(C)[C@]2(C)CC3O)C(O)C(O)[C@H]1O[C@@H]1OC[C@@H](O)C(O)C1O. The van der Waals surface area contributed by atoms with Crippen LogP contribution in [0.4, 0.5) is 4.79 Å². The topological polar surface area (TPSA) is 584 Å². The average Bonchev–Trinajstić information content (AvgIpc) is 0.671. The van der Waals surface area contributed by atoms with Gasteiger partial charge in [-0.1, -0.05) is 91.7 Å². The number of allylic oxidation sites excluding steroid dienone is 1. The van der Waals surface area contributed by atoms with Crippen LogP contribution in [0.2, 0.25) is 0 Å². The van der Waals surface area contributed by atoms with Crippen molar-refractivity contribution in [1.29, 1.82) is 0 Å². The number of aliphatic hydroxyl groups is 16. The van der Waals surface area contributed by atoms with Crippen molar-refractivity contribution < 1.29 is 173 Å². The lowest BCUT2D eigenvalue weighted by Gasteiger charge is -2.72. The maximum atomic E-state index is 15.2. The molecule has 113 heavy (non-hydrogen) atoms. The fourth-order valence-corrected chi connectivity index (χ4v) is 20.9. The van der Waals surface area contributed by atoms with E-state index >= 15 is 4.79 Å². The summed E-state index contributed by atoms with van der Waals surface area (Å²) in [4.78, 5) is 67.2. The highest BCUT2D eigenvalue weighted by atomic mass is 16.8. The van der Waals surface area contributed by atoms with Crippen LogP contribution in [0.3, 0.4) is 0 Å². The smallest absolute Gasteiger partial charge is 0.410 e. The predicted octanol–water partition coefficient (Wildman–Crippen LogP) is -2.79. The summed E-state index contributed by atoms with van der Waals surface area (Å²) in [5.41, 5.74) is -4.44. The number of fused-ring (bicyclic) bond motifs is 7. The van der Waals surface area contributed by atoms with Gasteiger partial charge >= 0.3 is 18.0 Å². The fraction of sp³-hybridized carbons (Fsp3) is 0.908. The number of carbonyl (C=O) groups is 5. The molecule has 11 aliphatic rings. The summed E-state index contributed by atoms with van der Waals surface area (Å²) in [5, 5.41) is 203. The Kier molecular flexibility index (Phi) is 28.7. The van der Waals surface area contributed by atoms with Gasteiger partial charge in [0.25, 0.3) is 0 Å². The van der Waals surface area contributed by atoms with Crippen LogP contribution in [-0.2, 0) is 76.0 Å². The number of hydrogen-bond acceptors (Lipinski definition) is 33. The maximum Gasteiger partial charge on any atom is 0.410 e. The largest absolute Gasteiger partial charge is 0.481 e. The molecule has 10 fully saturated rings.